The first kappa shape index (κ1) is 17.5. The van der Waals surface area contributed by atoms with Crippen molar-refractivity contribution in [2.45, 2.75) is 63.3 Å². The van der Waals surface area contributed by atoms with Crippen molar-refractivity contribution >= 4 is 14.1 Å². The van der Waals surface area contributed by atoms with Crippen LogP contribution in [0.5, 0.6) is 0 Å². The van der Waals surface area contributed by atoms with Crippen molar-refractivity contribution in [3.05, 3.63) is 0 Å². The Morgan fingerprint density at radius 1 is 0.929 bits per heavy atom. The van der Waals surface area contributed by atoms with Gasteiger partial charge in [-0.1, -0.05) is 59.3 Å². The molecule has 0 aromatic rings. The monoisotopic (exact) mass is 205 g/mol. The van der Waals surface area contributed by atoms with Crippen LogP contribution in [0, 0.1) is 11.8 Å². The Kier molecular flexibility index (Phi) is 13.3. The summed E-state index contributed by atoms with van der Waals surface area (Å²) in [6, 6.07) is 0. The Morgan fingerprint density at radius 2 is 1.36 bits per heavy atom. The van der Waals surface area contributed by atoms with Gasteiger partial charge >= 0.3 is 18.9 Å². The summed E-state index contributed by atoms with van der Waals surface area (Å²) >= 11 is -0.367. The molecule has 0 amide bonds. The minimum Gasteiger partial charge on any atom is -0.222 e. The van der Waals surface area contributed by atoms with Gasteiger partial charge in [0.05, 0.1) is 0 Å². The minimum absolute atomic E-state index is 0. The number of unbranched alkanes of at least 4 members (excludes halogenated alkanes) is 1. The average Bonchev–Trinajstić information content (AvgIpc) is 1.98. The second-order valence-electron chi connectivity index (χ2n) is 5.27. The molecule has 0 aliphatic carbocycles. The molecule has 0 fully saturated rings. The van der Waals surface area contributed by atoms with Crippen LogP contribution in [0.25, 0.3) is 0 Å². The van der Waals surface area contributed by atoms with E-state index in [-0.39, 0.29) is 33.0 Å². The van der Waals surface area contributed by atoms with Crippen molar-refractivity contribution in [3.63, 3.8) is 0 Å². The average molecular weight is 205 g/mol. The summed E-state index contributed by atoms with van der Waals surface area (Å²) in [4.78, 5) is 0. The van der Waals surface area contributed by atoms with E-state index in [2.05, 4.69) is 34.6 Å². The summed E-state index contributed by atoms with van der Waals surface area (Å²) in [5, 5.41) is 4.73. The Morgan fingerprint density at radius 3 is 1.64 bits per heavy atom. The topological polar surface area (TPSA) is 0 Å². The fourth-order valence-corrected chi connectivity index (χ4v) is 6.47. The van der Waals surface area contributed by atoms with Gasteiger partial charge in [0.2, 0.25) is 0 Å². The first-order valence-electron chi connectivity index (χ1n) is 6.06. The van der Waals surface area contributed by atoms with Gasteiger partial charge in [-0.2, -0.15) is 0 Å². The molecule has 2 heteroatoms. The van der Waals surface area contributed by atoms with Crippen LogP contribution in [0.3, 0.4) is 0 Å². The second-order valence-corrected chi connectivity index (χ2v) is 8.52. The molecule has 1 radical (unpaired) electrons. The summed E-state index contributed by atoms with van der Waals surface area (Å²) in [5.74, 6) is 1.87. The molecule has 0 heterocycles. The van der Waals surface area contributed by atoms with Gasteiger partial charge in [-0.3, -0.25) is 0 Å². The summed E-state index contributed by atoms with van der Waals surface area (Å²) in [6.07, 6.45) is 2.87. The SMILES string of the molecule is CCC[CH2][Al-]([CH2]C(C)C)[CH2]C(C)C.[Li+]. The van der Waals surface area contributed by atoms with Gasteiger partial charge in [0.15, 0.2) is 0 Å². The molecule has 0 aliphatic heterocycles. The third-order valence-electron chi connectivity index (χ3n) is 2.58. The number of hydrogen-bond acceptors (Lipinski definition) is 0. The van der Waals surface area contributed by atoms with Crippen LogP contribution < -0.4 is 18.9 Å². The van der Waals surface area contributed by atoms with Crippen LogP contribution >= 0.6 is 0 Å². The van der Waals surface area contributed by atoms with Gasteiger partial charge in [0, 0.05) is 0 Å². The van der Waals surface area contributed by atoms with E-state index in [1.165, 1.54) is 12.8 Å². The van der Waals surface area contributed by atoms with E-state index in [0.717, 1.165) is 11.8 Å². The molecule has 0 bridgehead atoms. The van der Waals surface area contributed by atoms with E-state index in [1.54, 1.807) is 15.8 Å². The molecule has 0 atom stereocenters. The Balaban J connectivity index is 0. The predicted molar refractivity (Wildman–Crippen MR) is 64.8 cm³/mol. The maximum Gasteiger partial charge on any atom is 1.00 e. The second kappa shape index (κ2) is 10.6. The zero-order valence-electron chi connectivity index (χ0n) is 11.3. The van der Waals surface area contributed by atoms with Gasteiger partial charge in [-0.25, -0.2) is 15.8 Å². The zero-order valence-corrected chi connectivity index (χ0v) is 12.4. The van der Waals surface area contributed by atoms with Crippen LogP contribution in [0.15, 0.2) is 0 Å². The van der Waals surface area contributed by atoms with Gasteiger partial charge in [0.25, 0.3) is 0 Å². The molecule has 0 N–H and O–H groups in total. The molecule has 79 valence electrons. The number of hydrogen-bond donors (Lipinski definition) is 0. The van der Waals surface area contributed by atoms with Crippen molar-refractivity contribution < 1.29 is 18.9 Å². The van der Waals surface area contributed by atoms with Crippen molar-refractivity contribution in [2.24, 2.45) is 11.8 Å². The molecule has 0 spiro atoms. The van der Waals surface area contributed by atoms with Crippen LogP contribution in [-0.4, -0.2) is 14.1 Å². The summed E-state index contributed by atoms with van der Waals surface area (Å²) in [6.45, 7) is 11.8. The third-order valence-corrected chi connectivity index (χ3v) is 7.02. The maximum absolute atomic E-state index is 2.38. The van der Waals surface area contributed by atoms with Crippen LogP contribution in [0.4, 0.5) is 0 Å². The van der Waals surface area contributed by atoms with Crippen LogP contribution in [-0.2, 0) is 0 Å². The Labute approximate surface area is 108 Å². The van der Waals surface area contributed by atoms with Crippen LogP contribution in [0.2, 0.25) is 15.8 Å². The smallest absolute Gasteiger partial charge is 0.222 e. The van der Waals surface area contributed by atoms with Gasteiger partial charge in [-0.05, 0) is 14.1 Å². The van der Waals surface area contributed by atoms with Crippen molar-refractivity contribution in [1.29, 1.82) is 0 Å². The van der Waals surface area contributed by atoms with E-state index >= 15 is 0 Å². The van der Waals surface area contributed by atoms with E-state index in [4.69, 9.17) is 0 Å². The molecule has 0 saturated heterocycles. The summed E-state index contributed by atoms with van der Waals surface area (Å²) < 4.78 is 0. The molecule has 0 aromatic heterocycles. The molecular formula is C12H27AlLi. The zero-order chi connectivity index (χ0) is 10.3. The molecule has 0 saturated carbocycles. The van der Waals surface area contributed by atoms with Crippen molar-refractivity contribution in [1.82, 2.24) is 0 Å². The normalized spacial score (nSPS) is 11.1. The summed E-state index contributed by atoms with van der Waals surface area (Å²) in [5.41, 5.74) is 0. The van der Waals surface area contributed by atoms with E-state index in [9.17, 15) is 0 Å². The first-order chi connectivity index (χ1) is 6.06. The first-order valence-corrected chi connectivity index (χ1v) is 8.51. The molecule has 0 unspecified atom stereocenters. The standard InChI is InChI=1S/3C4H9.Al.Li/c2*1-4(2)3;1-3-4-2;;/h2*4H,1H2,2-3H3;1,3-4H2,2H3;;/q;;;-1;+1. The molecular weight excluding hydrogens is 178 g/mol. The molecule has 0 nitrogen and oxygen atoms in total. The quantitative estimate of drug-likeness (QED) is 0.554. The molecule has 0 aromatic carbocycles. The van der Waals surface area contributed by atoms with Crippen molar-refractivity contribution in [3.8, 4) is 0 Å². The van der Waals surface area contributed by atoms with E-state index < -0.39 is 0 Å². The van der Waals surface area contributed by atoms with Gasteiger partial charge < -0.3 is 0 Å². The largest absolute Gasteiger partial charge is 1.00 e. The van der Waals surface area contributed by atoms with E-state index in [0.29, 0.717) is 0 Å². The van der Waals surface area contributed by atoms with Gasteiger partial charge in [-0.15, -0.1) is 0 Å². The predicted octanol–water partition coefficient (Wildman–Crippen LogP) is 1.60. The maximum atomic E-state index is 2.38. The molecule has 0 rings (SSSR count). The Bertz CT molecular complexity index is 103. The van der Waals surface area contributed by atoms with Gasteiger partial charge in [0.1, 0.15) is 0 Å². The Hall–Kier alpha value is 1.13. The fraction of sp³-hybridized carbons (Fsp3) is 1.00. The summed E-state index contributed by atoms with van der Waals surface area (Å²) in [7, 11) is 0. The van der Waals surface area contributed by atoms with E-state index in [1.807, 2.05) is 0 Å². The fourth-order valence-electron chi connectivity index (χ4n) is 2.16. The molecule has 0 aliphatic rings. The minimum atomic E-state index is -0.367. The van der Waals surface area contributed by atoms with Crippen molar-refractivity contribution in [2.75, 3.05) is 0 Å². The number of rotatable bonds is 7. The third kappa shape index (κ3) is 11.2. The van der Waals surface area contributed by atoms with Crippen LogP contribution in [0.1, 0.15) is 47.5 Å². The molecule has 14 heavy (non-hydrogen) atoms.